The van der Waals surface area contributed by atoms with Crippen molar-refractivity contribution in [3.05, 3.63) is 66.0 Å². The number of imide groups is 1. The largest absolute Gasteiger partial charge is 0.862 e. The van der Waals surface area contributed by atoms with Crippen molar-refractivity contribution in [3.8, 4) is 33.9 Å². The average Bonchev–Trinajstić information content (AvgIpc) is 3.40. The first kappa shape index (κ1) is 36.8. The fourth-order valence-corrected chi connectivity index (χ4v) is 5.91. The van der Waals surface area contributed by atoms with Crippen LogP contribution in [0.5, 0.6) is 11.5 Å². The van der Waals surface area contributed by atoms with Gasteiger partial charge >= 0.3 is 0 Å². The highest BCUT2D eigenvalue weighted by Gasteiger charge is 2.25. The van der Waals surface area contributed by atoms with Crippen molar-refractivity contribution in [2.24, 2.45) is 4.99 Å². The van der Waals surface area contributed by atoms with Gasteiger partial charge in [-0.25, -0.2) is 4.58 Å². The van der Waals surface area contributed by atoms with Gasteiger partial charge in [-0.15, -0.1) is 12.4 Å². The number of carbonyl (C=O) groups excluding carboxylic acids is 2. The van der Waals surface area contributed by atoms with Gasteiger partial charge < -0.3 is 33.8 Å². The van der Waals surface area contributed by atoms with E-state index in [1.54, 1.807) is 14.2 Å². The van der Waals surface area contributed by atoms with Crippen molar-refractivity contribution in [2.75, 3.05) is 78.4 Å². The molecule has 0 fully saturated rings. The monoisotopic (exact) mass is 689 g/mol. The van der Waals surface area contributed by atoms with Crippen LogP contribution in [0.1, 0.15) is 19.8 Å². The van der Waals surface area contributed by atoms with Crippen molar-refractivity contribution in [3.63, 3.8) is 0 Å². The number of aliphatic imine (C=N–C) groups is 1. The summed E-state index contributed by atoms with van der Waals surface area (Å²) in [6.07, 6.45) is 3.25. The lowest BCUT2D eigenvalue weighted by Crippen LogP contribution is -2.33. The average molecular weight is 690 g/mol. The van der Waals surface area contributed by atoms with Gasteiger partial charge in [0.15, 0.2) is 0 Å². The fraction of sp³-hybridized carbons (Fsp3) is 0.351. The SMILES string of the molecule is CCN(CCCC([O-])=NCCN1C(=O)C=CC1=O)c1cc(OC)c(-c2c3ccc(=[N+](C)C)cc-3oc3cc(N(C)C)ccc23)cc1OC.Cl. The van der Waals surface area contributed by atoms with E-state index in [1.165, 1.54) is 12.2 Å². The maximum absolute atomic E-state index is 12.5. The highest BCUT2D eigenvalue weighted by atomic mass is 35.5. The molecule has 2 aromatic carbocycles. The number of rotatable bonds is 13. The summed E-state index contributed by atoms with van der Waals surface area (Å²) in [5, 5.41) is 14.5. The van der Waals surface area contributed by atoms with Crippen LogP contribution in [0.15, 0.2) is 70.1 Å². The summed E-state index contributed by atoms with van der Waals surface area (Å²) in [6.45, 7) is 3.49. The summed E-state index contributed by atoms with van der Waals surface area (Å²) in [5.41, 5.74) is 5.43. The van der Waals surface area contributed by atoms with Gasteiger partial charge in [0.05, 0.1) is 32.5 Å². The second-order valence-electron chi connectivity index (χ2n) is 12.0. The minimum atomic E-state index is -0.378. The highest BCUT2D eigenvalue weighted by molar-refractivity contribution is 6.12. The van der Waals surface area contributed by atoms with E-state index in [2.05, 4.69) is 41.1 Å². The van der Waals surface area contributed by atoms with Gasteiger partial charge in [0.1, 0.15) is 36.9 Å². The Morgan fingerprint density at radius 2 is 1.67 bits per heavy atom. The molecule has 0 radical (unpaired) electrons. The molecule has 3 aliphatic rings. The zero-order valence-corrected chi connectivity index (χ0v) is 29.9. The van der Waals surface area contributed by atoms with Crippen LogP contribution in [0.4, 0.5) is 11.4 Å². The van der Waals surface area contributed by atoms with Crippen molar-refractivity contribution in [1.82, 2.24) is 9.48 Å². The van der Waals surface area contributed by atoms with Crippen LogP contribution in [0, 0.1) is 0 Å². The number of anilines is 2. The molecular weight excluding hydrogens is 646 g/mol. The molecule has 0 unspecified atom stereocenters. The van der Waals surface area contributed by atoms with Crippen molar-refractivity contribution in [2.45, 2.75) is 19.8 Å². The van der Waals surface area contributed by atoms with Crippen molar-refractivity contribution >= 4 is 52.5 Å². The maximum Gasteiger partial charge on any atom is 0.253 e. The van der Waals surface area contributed by atoms with Gasteiger partial charge in [0.2, 0.25) is 5.36 Å². The number of benzene rings is 3. The molecule has 2 aliphatic heterocycles. The van der Waals surface area contributed by atoms with Gasteiger partial charge in [-0.1, -0.05) is 0 Å². The molecule has 49 heavy (non-hydrogen) atoms. The Bertz CT molecular complexity index is 1930. The Morgan fingerprint density at radius 3 is 2.31 bits per heavy atom. The number of hydrogen-bond acceptors (Lipinski definition) is 9. The lowest BCUT2D eigenvalue weighted by Gasteiger charge is -2.27. The number of fused-ring (bicyclic) bond motifs is 2. The van der Waals surface area contributed by atoms with Crippen LogP contribution < -0.4 is 34.3 Å². The molecule has 0 N–H and O–H groups in total. The molecule has 1 aliphatic carbocycles. The first-order valence-electron chi connectivity index (χ1n) is 16.0. The Hall–Kier alpha value is -5.03. The van der Waals surface area contributed by atoms with E-state index in [-0.39, 0.29) is 49.6 Å². The molecule has 0 saturated heterocycles. The molecule has 12 heteroatoms. The number of carbonyl (C=O) groups is 2. The molecular formula is C37H44ClN5O6. The Labute approximate surface area is 293 Å². The van der Waals surface area contributed by atoms with E-state index >= 15 is 0 Å². The van der Waals surface area contributed by atoms with E-state index in [1.807, 2.05) is 61.9 Å². The second-order valence-corrected chi connectivity index (χ2v) is 12.0. The Morgan fingerprint density at radius 1 is 0.959 bits per heavy atom. The van der Waals surface area contributed by atoms with Gasteiger partial charge in [0.25, 0.3) is 11.8 Å². The van der Waals surface area contributed by atoms with Crippen LogP contribution in [0.3, 0.4) is 0 Å². The Kier molecular flexibility index (Phi) is 12.0. The van der Waals surface area contributed by atoms with E-state index in [9.17, 15) is 14.7 Å². The zero-order valence-electron chi connectivity index (χ0n) is 29.1. The molecule has 2 aromatic rings. The van der Waals surface area contributed by atoms with Crippen LogP contribution in [-0.2, 0) is 9.59 Å². The van der Waals surface area contributed by atoms with Crippen molar-refractivity contribution < 1.29 is 28.6 Å². The molecule has 0 aromatic heterocycles. The van der Waals surface area contributed by atoms with Crippen LogP contribution in [-0.4, -0.2) is 91.2 Å². The summed E-state index contributed by atoms with van der Waals surface area (Å²) in [7, 11) is 11.3. The van der Waals surface area contributed by atoms with Gasteiger partial charge in [-0.05, 0) is 49.9 Å². The Balaban J connectivity index is 0.00000541. The number of halogens is 1. The number of amides is 2. The maximum atomic E-state index is 12.5. The van der Waals surface area contributed by atoms with E-state index < -0.39 is 0 Å². The first-order chi connectivity index (χ1) is 23.1. The molecule has 2 amide bonds. The second kappa shape index (κ2) is 15.9. The summed E-state index contributed by atoms with van der Waals surface area (Å²) in [4.78, 5) is 32.8. The van der Waals surface area contributed by atoms with Gasteiger partial charge in [-0.3, -0.25) is 14.5 Å². The fourth-order valence-electron chi connectivity index (χ4n) is 5.91. The number of methoxy groups -OCH3 is 2. The zero-order chi connectivity index (χ0) is 34.5. The third-order valence-electron chi connectivity index (χ3n) is 8.55. The smallest absolute Gasteiger partial charge is 0.253 e. The standard InChI is InChI=1S/C37H43N5O6.ClH/c1-8-41(18-9-10-34(43)38-17-19-42-35(44)15-16-36(42)45)29-23-30(46-6)28(22-33(29)47-7)37-26-13-11-24(39(2)3)20-31(26)48-32-21-25(40(4)5)12-14-27(32)37;/h11-16,20-23H,8-10,17-19H2,1-7H3;1H. The molecule has 2 heterocycles. The van der Waals surface area contributed by atoms with E-state index in [4.69, 9.17) is 13.9 Å². The van der Waals surface area contributed by atoms with E-state index in [0.717, 1.165) is 55.1 Å². The number of hydrogen-bond donors (Lipinski definition) is 0. The predicted molar refractivity (Wildman–Crippen MR) is 195 cm³/mol. The lowest BCUT2D eigenvalue weighted by molar-refractivity contribution is -0.219. The van der Waals surface area contributed by atoms with Gasteiger partial charge in [0, 0.05) is 91.8 Å². The lowest BCUT2D eigenvalue weighted by atomic mass is 9.92. The van der Waals surface area contributed by atoms with Crippen LogP contribution >= 0.6 is 12.4 Å². The minimum Gasteiger partial charge on any atom is -0.862 e. The normalized spacial score (nSPS) is 12.9. The van der Waals surface area contributed by atoms with Crippen LogP contribution in [0.25, 0.3) is 33.4 Å². The number of ether oxygens (including phenoxy) is 2. The van der Waals surface area contributed by atoms with Gasteiger partial charge in [-0.2, -0.15) is 0 Å². The van der Waals surface area contributed by atoms with Crippen LogP contribution in [0.2, 0.25) is 0 Å². The highest BCUT2D eigenvalue weighted by Crippen LogP contribution is 2.47. The molecule has 5 rings (SSSR count). The summed E-state index contributed by atoms with van der Waals surface area (Å²) >= 11 is 0. The summed E-state index contributed by atoms with van der Waals surface area (Å²) < 4.78 is 20.6. The molecule has 0 spiro atoms. The summed E-state index contributed by atoms with van der Waals surface area (Å²) in [6, 6.07) is 16.4. The third kappa shape index (κ3) is 7.83. The topological polar surface area (TPSA) is 114 Å². The molecule has 0 bridgehead atoms. The minimum absolute atomic E-state index is 0. The summed E-state index contributed by atoms with van der Waals surface area (Å²) in [5.74, 6) is 1.09. The molecule has 0 saturated carbocycles. The first-order valence-corrected chi connectivity index (χ1v) is 16.0. The molecule has 11 nitrogen and oxygen atoms in total. The van der Waals surface area contributed by atoms with Crippen molar-refractivity contribution in [1.29, 1.82) is 0 Å². The molecule has 260 valence electrons. The quantitative estimate of drug-likeness (QED) is 0.0680. The molecule has 0 atom stereocenters. The predicted octanol–water partition coefficient (Wildman–Crippen LogP) is 4.03. The number of nitrogens with zero attached hydrogens (tertiary/aromatic N) is 5. The van der Waals surface area contributed by atoms with E-state index in [0.29, 0.717) is 31.0 Å². The third-order valence-corrected chi connectivity index (χ3v) is 8.55.